The van der Waals surface area contributed by atoms with Crippen molar-refractivity contribution in [2.24, 2.45) is 0 Å². The van der Waals surface area contributed by atoms with Crippen molar-refractivity contribution < 1.29 is 0 Å². The largest absolute Gasteiger partial charge is 0.309 e. The van der Waals surface area contributed by atoms with Crippen LogP contribution in [0.25, 0.3) is 93.1 Å². The molecule has 0 N–H and O–H groups in total. The lowest BCUT2D eigenvalue weighted by Crippen LogP contribution is -1.94. The number of nitrogens with zero attached hydrogens (tertiary/aromatic N) is 3. The smallest absolute Gasteiger partial charge is 0.0622 e. The molecule has 0 aliphatic rings. The van der Waals surface area contributed by atoms with E-state index < -0.39 is 0 Å². The molecule has 0 saturated carbocycles. The standard InChI is InChI=1S/C42H25N3/c1-2-12-26(13-3-1)43-38-20-10-6-16-30(38)32-24-41-33(25-40(32)43)35-23-27(22-34-31-17-7-11-21-39(31)45(41)42(34)35)44-36-18-8-4-14-28(36)29-15-5-9-19-37(29)44/h1-25H. The Bertz CT molecular complexity index is 2920. The van der Waals surface area contributed by atoms with E-state index in [9.17, 15) is 0 Å². The molecular formula is C42H25N3. The van der Waals surface area contributed by atoms with E-state index in [1.807, 2.05) is 0 Å². The van der Waals surface area contributed by atoms with E-state index in [-0.39, 0.29) is 0 Å². The molecule has 3 heteroatoms. The Labute approximate surface area is 257 Å². The van der Waals surface area contributed by atoms with Crippen LogP contribution >= 0.6 is 0 Å². The van der Waals surface area contributed by atoms with Gasteiger partial charge < -0.3 is 13.5 Å². The molecule has 0 aliphatic heterocycles. The number of hydrogen-bond donors (Lipinski definition) is 0. The molecular weight excluding hydrogens is 546 g/mol. The van der Waals surface area contributed by atoms with Gasteiger partial charge in [0.15, 0.2) is 0 Å². The number of para-hydroxylation sites is 5. The number of hydrogen-bond acceptors (Lipinski definition) is 0. The number of fused-ring (bicyclic) bond motifs is 12. The average Bonchev–Trinajstić information content (AvgIpc) is 3.81. The Morgan fingerprint density at radius 2 is 0.689 bits per heavy atom. The van der Waals surface area contributed by atoms with Crippen LogP contribution in [0.4, 0.5) is 0 Å². The van der Waals surface area contributed by atoms with Crippen LogP contribution in [0.1, 0.15) is 0 Å². The van der Waals surface area contributed by atoms with Crippen molar-refractivity contribution in [3.63, 3.8) is 0 Å². The molecule has 11 rings (SSSR count). The molecule has 0 unspecified atom stereocenters. The topological polar surface area (TPSA) is 14.3 Å². The molecule has 0 amide bonds. The SMILES string of the molecule is c1ccc(-n2c3ccccc3c3cc4c(cc32)c2cc(-n3c5ccccc5c5ccccc53)cc3c5ccccc5n4c32)cc1. The van der Waals surface area contributed by atoms with Crippen LogP contribution in [0.15, 0.2) is 152 Å². The fourth-order valence-electron chi connectivity index (χ4n) is 8.13. The zero-order valence-corrected chi connectivity index (χ0v) is 24.3. The highest BCUT2D eigenvalue weighted by atomic mass is 15.0. The second-order valence-corrected chi connectivity index (χ2v) is 12.2. The third-order valence-corrected chi connectivity index (χ3v) is 9.93. The fraction of sp³-hybridized carbons (Fsp3) is 0. The van der Waals surface area contributed by atoms with E-state index in [0.29, 0.717) is 0 Å². The van der Waals surface area contributed by atoms with E-state index in [1.165, 1.54) is 93.1 Å². The fourth-order valence-corrected chi connectivity index (χ4v) is 8.13. The minimum absolute atomic E-state index is 1.18. The Kier molecular flexibility index (Phi) is 4.32. The van der Waals surface area contributed by atoms with Crippen molar-refractivity contribution in [2.45, 2.75) is 0 Å². The van der Waals surface area contributed by atoms with Crippen LogP contribution < -0.4 is 0 Å². The Morgan fingerprint density at radius 1 is 0.267 bits per heavy atom. The maximum absolute atomic E-state index is 2.50. The Morgan fingerprint density at radius 3 is 1.31 bits per heavy atom. The lowest BCUT2D eigenvalue weighted by atomic mass is 10.0. The summed E-state index contributed by atoms with van der Waals surface area (Å²) >= 11 is 0. The highest BCUT2D eigenvalue weighted by Gasteiger charge is 2.22. The van der Waals surface area contributed by atoms with Gasteiger partial charge in [0.05, 0.1) is 38.6 Å². The van der Waals surface area contributed by atoms with Gasteiger partial charge in [-0.3, -0.25) is 0 Å². The summed E-state index contributed by atoms with van der Waals surface area (Å²) in [6.45, 7) is 0. The van der Waals surface area contributed by atoms with Crippen LogP contribution in [0.3, 0.4) is 0 Å². The van der Waals surface area contributed by atoms with Gasteiger partial charge in [-0.15, -0.1) is 0 Å². The summed E-state index contributed by atoms with van der Waals surface area (Å²) in [6, 6.07) is 55.7. The lowest BCUT2D eigenvalue weighted by Gasteiger charge is -2.10. The lowest BCUT2D eigenvalue weighted by molar-refractivity contribution is 1.18. The highest BCUT2D eigenvalue weighted by Crippen LogP contribution is 2.44. The highest BCUT2D eigenvalue weighted by molar-refractivity contribution is 6.27. The minimum atomic E-state index is 1.18. The van der Waals surface area contributed by atoms with Gasteiger partial charge in [-0.2, -0.15) is 0 Å². The Hall–Kier alpha value is -6.06. The number of benzene rings is 7. The zero-order valence-electron chi connectivity index (χ0n) is 24.3. The van der Waals surface area contributed by atoms with Crippen molar-refractivity contribution in [3.8, 4) is 11.4 Å². The summed E-state index contributed by atoms with van der Waals surface area (Å²) in [4.78, 5) is 0. The second kappa shape index (κ2) is 8.31. The molecule has 0 spiro atoms. The first-order chi connectivity index (χ1) is 22.3. The van der Waals surface area contributed by atoms with E-state index in [4.69, 9.17) is 0 Å². The number of rotatable bonds is 2. The van der Waals surface area contributed by atoms with Crippen LogP contribution in [-0.2, 0) is 0 Å². The molecule has 7 aromatic carbocycles. The third-order valence-electron chi connectivity index (χ3n) is 9.93. The van der Waals surface area contributed by atoms with Crippen LogP contribution in [0.2, 0.25) is 0 Å². The predicted molar refractivity (Wildman–Crippen MR) is 190 cm³/mol. The summed E-state index contributed by atoms with van der Waals surface area (Å²) in [5.41, 5.74) is 11.1. The van der Waals surface area contributed by atoms with Gasteiger partial charge in [0.2, 0.25) is 0 Å². The molecule has 4 aromatic heterocycles. The Balaban J connectivity index is 1.35. The maximum atomic E-state index is 2.50. The van der Waals surface area contributed by atoms with Crippen molar-refractivity contribution >= 4 is 81.7 Å². The van der Waals surface area contributed by atoms with Gasteiger partial charge in [-0.1, -0.05) is 91.0 Å². The van der Waals surface area contributed by atoms with Crippen molar-refractivity contribution in [1.82, 2.24) is 13.5 Å². The van der Waals surface area contributed by atoms with Gasteiger partial charge in [-0.05, 0) is 60.7 Å². The quantitative estimate of drug-likeness (QED) is 0.196. The molecule has 45 heavy (non-hydrogen) atoms. The first kappa shape index (κ1) is 23.4. The van der Waals surface area contributed by atoms with Crippen LogP contribution in [0, 0.1) is 0 Å². The monoisotopic (exact) mass is 571 g/mol. The van der Waals surface area contributed by atoms with Crippen LogP contribution in [-0.4, -0.2) is 13.5 Å². The van der Waals surface area contributed by atoms with Crippen molar-refractivity contribution in [2.75, 3.05) is 0 Å². The van der Waals surface area contributed by atoms with Crippen molar-refractivity contribution in [1.29, 1.82) is 0 Å². The number of aromatic nitrogens is 3. The maximum Gasteiger partial charge on any atom is 0.0622 e. The normalized spacial score (nSPS) is 12.4. The predicted octanol–water partition coefficient (Wildman–Crippen LogP) is 11.0. The third kappa shape index (κ3) is 2.90. The summed E-state index contributed by atoms with van der Waals surface area (Å²) in [7, 11) is 0. The summed E-state index contributed by atoms with van der Waals surface area (Å²) in [6.07, 6.45) is 0. The van der Waals surface area contributed by atoms with E-state index in [0.717, 1.165) is 0 Å². The first-order valence-electron chi connectivity index (χ1n) is 15.5. The summed E-state index contributed by atoms with van der Waals surface area (Å²) in [5, 5.41) is 10.2. The van der Waals surface area contributed by atoms with Gasteiger partial charge in [0, 0.05) is 54.5 Å². The minimum Gasteiger partial charge on any atom is -0.309 e. The van der Waals surface area contributed by atoms with Crippen molar-refractivity contribution in [3.05, 3.63) is 152 Å². The molecule has 0 aliphatic carbocycles. The average molecular weight is 572 g/mol. The summed E-state index contributed by atoms with van der Waals surface area (Å²) < 4.78 is 7.37. The first-order valence-corrected chi connectivity index (χ1v) is 15.5. The molecule has 0 atom stereocenters. The molecule has 3 nitrogen and oxygen atoms in total. The second-order valence-electron chi connectivity index (χ2n) is 12.2. The van der Waals surface area contributed by atoms with Gasteiger partial charge in [-0.25, -0.2) is 0 Å². The molecule has 0 radical (unpaired) electrons. The van der Waals surface area contributed by atoms with Crippen LogP contribution in [0.5, 0.6) is 0 Å². The molecule has 11 aromatic rings. The van der Waals surface area contributed by atoms with Gasteiger partial charge >= 0.3 is 0 Å². The molecule has 0 fully saturated rings. The molecule has 208 valence electrons. The van der Waals surface area contributed by atoms with E-state index >= 15 is 0 Å². The van der Waals surface area contributed by atoms with Gasteiger partial charge in [0.25, 0.3) is 0 Å². The summed E-state index contributed by atoms with van der Waals surface area (Å²) in [5.74, 6) is 0. The zero-order chi connectivity index (χ0) is 29.2. The molecule has 0 bridgehead atoms. The molecule has 0 saturated heterocycles. The van der Waals surface area contributed by atoms with E-state index in [2.05, 4.69) is 165 Å². The molecule has 4 heterocycles. The van der Waals surface area contributed by atoms with Gasteiger partial charge in [0.1, 0.15) is 0 Å². The van der Waals surface area contributed by atoms with E-state index in [1.54, 1.807) is 0 Å².